The highest BCUT2D eigenvalue weighted by atomic mass is 32.2. The first kappa shape index (κ1) is 23.4. The zero-order valence-corrected chi connectivity index (χ0v) is 20.4. The zero-order chi connectivity index (χ0) is 24.4. The highest BCUT2D eigenvalue weighted by Crippen LogP contribution is 2.47. The number of amides is 4. The monoisotopic (exact) mass is 494 g/mol. The Kier molecular flexibility index (Phi) is 6.77. The summed E-state index contributed by atoms with van der Waals surface area (Å²) in [5, 5.41) is 3.46. The summed E-state index contributed by atoms with van der Waals surface area (Å²) in [4.78, 5) is 42.7. The minimum atomic E-state index is -0.518. The van der Waals surface area contributed by atoms with Gasteiger partial charge in [-0.1, -0.05) is 18.2 Å². The van der Waals surface area contributed by atoms with Crippen molar-refractivity contribution in [2.45, 2.75) is 45.6 Å². The molecule has 9 heteroatoms. The molecule has 2 aliphatic heterocycles. The van der Waals surface area contributed by atoms with Crippen LogP contribution in [0.4, 0.5) is 10.5 Å². The van der Waals surface area contributed by atoms with Crippen molar-refractivity contribution >= 4 is 40.3 Å². The van der Waals surface area contributed by atoms with Crippen LogP contribution in [0.25, 0.3) is 0 Å². The molecule has 0 saturated carbocycles. The first-order valence-corrected chi connectivity index (χ1v) is 12.8. The van der Waals surface area contributed by atoms with Gasteiger partial charge in [0, 0.05) is 0 Å². The third-order valence-electron chi connectivity index (χ3n) is 6.43. The van der Waals surface area contributed by atoms with Crippen LogP contribution >= 0.6 is 11.8 Å². The van der Waals surface area contributed by atoms with Gasteiger partial charge in [-0.3, -0.25) is 4.79 Å². The summed E-state index contributed by atoms with van der Waals surface area (Å²) in [7, 11) is 0. The molecule has 3 heterocycles. The van der Waals surface area contributed by atoms with Crippen LogP contribution in [0.15, 0.2) is 57.6 Å². The lowest BCUT2D eigenvalue weighted by Crippen LogP contribution is -2.55. The molecule has 1 aromatic carbocycles. The van der Waals surface area contributed by atoms with Crippen molar-refractivity contribution in [1.82, 2.24) is 5.32 Å². The van der Waals surface area contributed by atoms with Crippen LogP contribution in [-0.2, 0) is 16.1 Å². The Balaban J connectivity index is 1.47. The van der Waals surface area contributed by atoms with Gasteiger partial charge in [0.15, 0.2) is 17.5 Å². The molecule has 0 radical (unpaired) electrons. The number of carbonyl (C=O) groups excluding carboxylic acids is 3. The summed E-state index contributed by atoms with van der Waals surface area (Å²) in [5.41, 5.74) is 1.58. The number of nitrogens with one attached hydrogen (secondary N) is 1. The topological polar surface area (TPSA) is 91.9 Å². The average Bonchev–Trinajstić information content (AvgIpc) is 3.44. The molecular weight excluding hydrogens is 466 g/mol. The molecular formula is C26H28N3O5S+. The van der Waals surface area contributed by atoms with Crippen molar-refractivity contribution in [1.29, 1.82) is 0 Å². The lowest BCUT2D eigenvalue weighted by atomic mass is 9.93. The van der Waals surface area contributed by atoms with Gasteiger partial charge in [0.2, 0.25) is 0 Å². The predicted molar refractivity (Wildman–Crippen MR) is 132 cm³/mol. The molecule has 2 aromatic rings. The second kappa shape index (κ2) is 10.1. The maximum Gasteiger partial charge on any atom is 0.507 e. The molecule has 1 N–H and O–H groups in total. The van der Waals surface area contributed by atoms with Gasteiger partial charge >= 0.3 is 11.9 Å². The molecule has 182 valence electrons. The number of fused-ring (bicyclic) bond motifs is 2. The number of benzene rings is 1. The minimum absolute atomic E-state index is 0.167. The largest absolute Gasteiger partial charge is 0.507 e. The Morgan fingerprint density at radius 3 is 2.71 bits per heavy atom. The summed E-state index contributed by atoms with van der Waals surface area (Å²) in [6, 6.07) is 9.94. The van der Waals surface area contributed by atoms with E-state index in [4.69, 9.17) is 9.15 Å². The Hall–Kier alpha value is -3.33. The second-order valence-corrected chi connectivity index (χ2v) is 9.82. The molecule has 0 spiro atoms. The van der Waals surface area contributed by atoms with Crippen LogP contribution in [0.5, 0.6) is 5.75 Å². The summed E-state index contributed by atoms with van der Waals surface area (Å²) in [6.45, 7) is 2.49. The number of thioether (sulfide) groups is 1. The molecule has 1 unspecified atom stereocenters. The fraction of sp³-hybridized carbons (Fsp3) is 0.385. The van der Waals surface area contributed by atoms with E-state index in [1.54, 1.807) is 42.7 Å². The second-order valence-electron chi connectivity index (χ2n) is 8.71. The third-order valence-corrected chi connectivity index (χ3v) is 7.81. The van der Waals surface area contributed by atoms with Crippen molar-refractivity contribution in [3.63, 3.8) is 0 Å². The first-order chi connectivity index (χ1) is 17.1. The lowest BCUT2D eigenvalue weighted by Gasteiger charge is -2.25. The maximum atomic E-state index is 13.8. The molecule has 8 nitrogen and oxygen atoms in total. The van der Waals surface area contributed by atoms with Crippen molar-refractivity contribution in [3.8, 4) is 5.75 Å². The van der Waals surface area contributed by atoms with E-state index in [0.29, 0.717) is 28.8 Å². The van der Waals surface area contributed by atoms with E-state index in [9.17, 15) is 14.4 Å². The van der Waals surface area contributed by atoms with Gasteiger partial charge < -0.3 is 14.5 Å². The van der Waals surface area contributed by atoms with Crippen molar-refractivity contribution in [2.75, 3.05) is 18.1 Å². The van der Waals surface area contributed by atoms with E-state index in [-0.39, 0.29) is 24.9 Å². The molecule has 0 bridgehead atoms. The number of hydrogen-bond acceptors (Lipinski definition) is 6. The summed E-state index contributed by atoms with van der Waals surface area (Å²) >= 11 is 1.51. The summed E-state index contributed by atoms with van der Waals surface area (Å²) in [5.74, 6) is 0.212. The molecule has 5 rings (SSSR count). The highest BCUT2D eigenvalue weighted by Gasteiger charge is 2.54. The summed E-state index contributed by atoms with van der Waals surface area (Å²) in [6.07, 6.45) is 6.51. The fourth-order valence-electron chi connectivity index (χ4n) is 4.78. The molecule has 35 heavy (non-hydrogen) atoms. The number of rotatable bonds is 7. The number of urea groups is 1. The van der Waals surface area contributed by atoms with E-state index in [2.05, 4.69) is 5.32 Å². The number of allylic oxidation sites excluding steroid dienone is 1. The van der Waals surface area contributed by atoms with E-state index < -0.39 is 11.9 Å². The SMILES string of the molecule is CCOc1ccc(N2C(=O)C3C4=C(CCCCC4)SC3=[N+](CC(=O)NCc3ccco3)C2=O)cc1. The standard InChI is InChI=1S/C26H27N3O5S/c1-2-33-18-12-10-17(11-13-18)29-24(31)23-20-8-4-3-5-9-21(20)35-25(23)28(26(29)32)16-22(30)27-15-19-7-6-14-34-19/h6-7,10-14,23H,2-5,8-9,15-16H2,1H3/p+1. The van der Waals surface area contributed by atoms with Crippen molar-refractivity contribution < 1.29 is 28.1 Å². The molecule has 1 aliphatic carbocycles. The van der Waals surface area contributed by atoms with Gasteiger partial charge in [0.05, 0.1) is 19.4 Å². The van der Waals surface area contributed by atoms with Gasteiger partial charge in [0.25, 0.3) is 5.91 Å². The van der Waals surface area contributed by atoms with Gasteiger partial charge in [0.1, 0.15) is 17.2 Å². The number of imide groups is 1. The van der Waals surface area contributed by atoms with Crippen LogP contribution in [0, 0.1) is 5.92 Å². The average molecular weight is 495 g/mol. The van der Waals surface area contributed by atoms with E-state index >= 15 is 0 Å². The van der Waals surface area contributed by atoms with Crippen LogP contribution in [-0.4, -0.2) is 40.6 Å². The number of nitrogens with zero attached hydrogens (tertiary/aromatic N) is 2. The van der Waals surface area contributed by atoms with Gasteiger partial charge in [-0.25, -0.2) is 4.79 Å². The van der Waals surface area contributed by atoms with Crippen molar-refractivity contribution in [3.05, 3.63) is 58.9 Å². The zero-order valence-electron chi connectivity index (χ0n) is 19.6. The lowest BCUT2D eigenvalue weighted by molar-refractivity contribution is -0.414. The molecule has 0 saturated heterocycles. The Labute approximate surface area is 208 Å². The smallest absolute Gasteiger partial charge is 0.494 e. The Bertz CT molecular complexity index is 1200. The third kappa shape index (κ3) is 4.65. The van der Waals surface area contributed by atoms with E-state index in [1.165, 1.54) is 26.1 Å². The molecule has 1 aromatic heterocycles. The maximum absolute atomic E-state index is 13.8. The predicted octanol–water partition coefficient (Wildman–Crippen LogP) is 4.45. The van der Waals surface area contributed by atoms with Gasteiger partial charge in [-0.05, 0) is 79.5 Å². The van der Waals surface area contributed by atoms with Crippen LogP contribution in [0.1, 0.15) is 44.8 Å². The molecule has 4 amide bonds. The van der Waals surface area contributed by atoms with Gasteiger partial charge in [-0.15, -0.1) is 4.90 Å². The van der Waals surface area contributed by atoms with E-state index in [1.807, 2.05) is 6.92 Å². The van der Waals surface area contributed by atoms with Crippen LogP contribution in [0.3, 0.4) is 0 Å². The molecule has 0 fully saturated rings. The van der Waals surface area contributed by atoms with Crippen LogP contribution < -0.4 is 15.0 Å². The molecule has 1 atom stereocenters. The molecule has 3 aliphatic rings. The highest BCUT2D eigenvalue weighted by molar-refractivity contribution is 8.17. The number of hydrogen-bond donors (Lipinski definition) is 1. The normalized spacial score (nSPS) is 20.0. The van der Waals surface area contributed by atoms with E-state index in [0.717, 1.165) is 37.7 Å². The van der Waals surface area contributed by atoms with Crippen LogP contribution in [0.2, 0.25) is 0 Å². The number of carbonyl (C=O) groups is 3. The quantitative estimate of drug-likeness (QED) is 0.572. The van der Waals surface area contributed by atoms with Gasteiger partial charge in [-0.2, -0.15) is 9.37 Å². The first-order valence-electron chi connectivity index (χ1n) is 12.0. The van der Waals surface area contributed by atoms with Crippen molar-refractivity contribution in [2.24, 2.45) is 5.92 Å². The number of anilines is 1. The minimum Gasteiger partial charge on any atom is -0.494 e. The Morgan fingerprint density at radius 2 is 1.97 bits per heavy atom. The Morgan fingerprint density at radius 1 is 1.17 bits per heavy atom. The fourth-order valence-corrected chi connectivity index (χ4v) is 6.24. The number of ether oxygens (including phenoxy) is 1. The number of furan rings is 1. The summed E-state index contributed by atoms with van der Waals surface area (Å²) < 4.78 is 12.3.